The Hall–Kier alpha value is -3.19. The summed E-state index contributed by atoms with van der Waals surface area (Å²) in [4.78, 5) is 20.9. The lowest BCUT2D eigenvalue weighted by molar-refractivity contribution is 0.122. The first-order chi connectivity index (χ1) is 16.8. The van der Waals surface area contributed by atoms with Gasteiger partial charge in [-0.2, -0.15) is 0 Å². The molecule has 1 fully saturated rings. The molecule has 1 aromatic carbocycles. The fourth-order valence-corrected chi connectivity index (χ4v) is 6.42. The Labute approximate surface area is 206 Å². The maximum absolute atomic E-state index is 12.7. The number of morpholine rings is 1. The zero-order valence-corrected chi connectivity index (χ0v) is 20.6. The van der Waals surface area contributed by atoms with Gasteiger partial charge in [0.2, 0.25) is 5.95 Å². The summed E-state index contributed by atoms with van der Waals surface area (Å²) in [5.41, 5.74) is 7.78. The summed E-state index contributed by atoms with van der Waals surface area (Å²) >= 11 is 1.51. The minimum Gasteiger partial charge on any atom is -0.392 e. The molecule has 0 amide bonds. The first-order valence-electron chi connectivity index (χ1n) is 11.0. The molecule has 1 aliphatic rings. The zero-order chi connectivity index (χ0) is 24.6. The largest absolute Gasteiger partial charge is 0.392 e. The smallest absolute Gasteiger partial charge is 0.219 e. The Kier molecular flexibility index (Phi) is 6.36. The van der Waals surface area contributed by atoms with E-state index in [0.717, 1.165) is 26.5 Å². The minimum absolute atomic E-state index is 0.173. The van der Waals surface area contributed by atoms with Crippen LogP contribution in [0, 0.1) is 0 Å². The molecule has 0 spiro atoms. The van der Waals surface area contributed by atoms with Crippen molar-refractivity contribution in [2.75, 3.05) is 42.7 Å². The number of hydrogen-bond acceptors (Lipinski definition) is 11. The molecule has 4 aromatic rings. The Morgan fingerprint density at radius 1 is 1.14 bits per heavy atom. The Bertz CT molecular complexity index is 1470. The molecule has 1 atom stereocenters. The van der Waals surface area contributed by atoms with Crippen molar-refractivity contribution in [2.24, 2.45) is 0 Å². The summed E-state index contributed by atoms with van der Waals surface area (Å²) in [6, 6.07) is 8.70. The first kappa shape index (κ1) is 23.5. The Morgan fingerprint density at radius 2 is 1.89 bits per heavy atom. The van der Waals surface area contributed by atoms with Crippen LogP contribution in [0.2, 0.25) is 0 Å². The highest BCUT2D eigenvalue weighted by Gasteiger charge is 2.22. The average Bonchev–Trinajstić information content (AvgIpc) is 3.28. The third-order valence-corrected chi connectivity index (χ3v) is 8.60. The van der Waals surface area contributed by atoms with Crippen molar-refractivity contribution < 1.29 is 18.3 Å². The van der Waals surface area contributed by atoms with Crippen molar-refractivity contribution in [1.82, 2.24) is 19.9 Å². The van der Waals surface area contributed by atoms with Crippen LogP contribution >= 0.6 is 11.3 Å². The first-order valence-corrected chi connectivity index (χ1v) is 13.5. The third kappa shape index (κ3) is 4.96. The number of hydrogen-bond donors (Lipinski definition) is 2. The van der Waals surface area contributed by atoms with Gasteiger partial charge in [0.1, 0.15) is 0 Å². The summed E-state index contributed by atoms with van der Waals surface area (Å²) in [5.74, 6) is 1.12. The van der Waals surface area contributed by atoms with E-state index in [4.69, 9.17) is 20.4 Å². The molecule has 3 aromatic heterocycles. The number of fused-ring (bicyclic) bond motifs is 1. The van der Waals surface area contributed by atoms with Crippen molar-refractivity contribution in [2.45, 2.75) is 17.9 Å². The van der Waals surface area contributed by atoms with Crippen LogP contribution in [0.5, 0.6) is 0 Å². The quantitative estimate of drug-likeness (QED) is 0.395. The van der Waals surface area contributed by atoms with Crippen LogP contribution in [-0.2, 0) is 14.6 Å². The lowest BCUT2D eigenvalue weighted by Gasteiger charge is -2.28. The normalized spacial score (nSPS) is 15.4. The maximum Gasteiger partial charge on any atom is 0.219 e. The maximum atomic E-state index is 12.7. The summed E-state index contributed by atoms with van der Waals surface area (Å²) in [6.45, 7) is 4.07. The van der Waals surface area contributed by atoms with Crippen LogP contribution in [0.1, 0.15) is 6.92 Å². The molecule has 0 unspecified atom stereocenters. The Balaban J connectivity index is 1.62. The van der Waals surface area contributed by atoms with Crippen molar-refractivity contribution in [3.8, 4) is 21.8 Å². The fourth-order valence-electron chi connectivity index (χ4n) is 3.89. The van der Waals surface area contributed by atoms with E-state index in [2.05, 4.69) is 14.9 Å². The van der Waals surface area contributed by atoms with Crippen LogP contribution in [-0.4, -0.2) is 71.6 Å². The average molecular weight is 513 g/mol. The summed E-state index contributed by atoms with van der Waals surface area (Å²) in [6.07, 6.45) is 2.24. The molecule has 0 saturated carbocycles. The number of nitrogens with two attached hydrogens (primary N) is 1. The van der Waals surface area contributed by atoms with E-state index in [-0.39, 0.29) is 16.6 Å². The number of thiophene rings is 1. The summed E-state index contributed by atoms with van der Waals surface area (Å²) < 4.78 is 31.8. The molecule has 0 bridgehead atoms. The second-order valence-corrected chi connectivity index (χ2v) is 11.4. The molecule has 12 heteroatoms. The van der Waals surface area contributed by atoms with E-state index in [1.54, 1.807) is 30.6 Å². The molecular weight excluding hydrogens is 488 g/mol. The van der Waals surface area contributed by atoms with Gasteiger partial charge in [0.15, 0.2) is 21.5 Å². The van der Waals surface area contributed by atoms with E-state index in [1.165, 1.54) is 18.3 Å². The molecule has 35 heavy (non-hydrogen) atoms. The highest BCUT2D eigenvalue weighted by atomic mass is 32.2. The SMILES string of the molecule is C[C@H](O)CS(=O)(=O)c1cccc(-c2cc3nc(-c4cnc(N)nc4)nc(N4CCOCC4)c3s2)c1. The lowest BCUT2D eigenvalue weighted by atomic mass is 10.2. The van der Waals surface area contributed by atoms with E-state index >= 15 is 0 Å². The van der Waals surface area contributed by atoms with Gasteiger partial charge in [0.05, 0.1) is 45.7 Å². The van der Waals surface area contributed by atoms with E-state index in [9.17, 15) is 13.5 Å². The zero-order valence-electron chi connectivity index (χ0n) is 19.0. The number of nitrogen functional groups attached to an aromatic ring is 1. The van der Waals surface area contributed by atoms with E-state index in [0.29, 0.717) is 37.7 Å². The van der Waals surface area contributed by atoms with Crippen LogP contribution in [0.3, 0.4) is 0 Å². The van der Waals surface area contributed by atoms with Crippen molar-refractivity contribution in [3.63, 3.8) is 0 Å². The standard InChI is InChI=1S/C23H24N6O4S2/c1-14(30)13-35(31,32)17-4-2-3-15(9-17)19-10-18-20(34-19)22(29-5-7-33-8-6-29)28-21(27-18)16-11-25-23(24)26-12-16/h2-4,9-12,14,30H,5-8,13H2,1H3,(H2,24,25,26)/t14-/m0/s1. The van der Waals surface area contributed by atoms with Gasteiger partial charge >= 0.3 is 0 Å². The van der Waals surface area contributed by atoms with Crippen LogP contribution in [0.15, 0.2) is 47.6 Å². The Morgan fingerprint density at radius 3 is 2.60 bits per heavy atom. The molecule has 1 saturated heterocycles. The second-order valence-electron chi connectivity index (χ2n) is 8.28. The highest BCUT2D eigenvalue weighted by Crippen LogP contribution is 2.39. The van der Waals surface area contributed by atoms with Gasteiger partial charge < -0.3 is 20.5 Å². The molecule has 0 aliphatic carbocycles. The number of aromatic nitrogens is 4. The van der Waals surface area contributed by atoms with E-state index < -0.39 is 15.9 Å². The van der Waals surface area contributed by atoms with Crippen LogP contribution in [0.4, 0.5) is 11.8 Å². The number of aliphatic hydroxyl groups is 1. The monoisotopic (exact) mass is 512 g/mol. The number of ether oxygens (including phenoxy) is 1. The van der Waals surface area contributed by atoms with Gasteiger partial charge in [0, 0.05) is 30.4 Å². The van der Waals surface area contributed by atoms with E-state index in [1.807, 2.05) is 12.1 Å². The van der Waals surface area contributed by atoms with Gasteiger partial charge in [-0.3, -0.25) is 0 Å². The molecular formula is C23H24N6O4S2. The number of sulfone groups is 1. The van der Waals surface area contributed by atoms with Gasteiger partial charge in [-0.05, 0) is 30.7 Å². The molecule has 4 heterocycles. The van der Waals surface area contributed by atoms with Crippen LogP contribution < -0.4 is 10.6 Å². The highest BCUT2D eigenvalue weighted by molar-refractivity contribution is 7.91. The van der Waals surface area contributed by atoms with Gasteiger partial charge in [-0.15, -0.1) is 11.3 Å². The fraction of sp³-hybridized carbons (Fsp3) is 0.304. The molecule has 3 N–H and O–H groups in total. The predicted molar refractivity (Wildman–Crippen MR) is 135 cm³/mol. The third-order valence-electron chi connectivity index (χ3n) is 5.53. The van der Waals surface area contributed by atoms with Crippen molar-refractivity contribution >= 4 is 43.2 Å². The van der Waals surface area contributed by atoms with Crippen molar-refractivity contribution in [1.29, 1.82) is 0 Å². The number of anilines is 2. The van der Waals surface area contributed by atoms with Crippen LogP contribution in [0.25, 0.3) is 32.0 Å². The summed E-state index contributed by atoms with van der Waals surface area (Å²) in [5, 5.41) is 9.60. The molecule has 1 aliphatic heterocycles. The van der Waals surface area contributed by atoms with Crippen molar-refractivity contribution in [3.05, 3.63) is 42.7 Å². The topological polar surface area (TPSA) is 144 Å². The number of benzene rings is 1. The molecule has 0 radical (unpaired) electrons. The molecule has 5 rings (SSSR count). The number of aliphatic hydroxyl groups excluding tert-OH is 1. The second kappa shape index (κ2) is 9.46. The molecule has 182 valence electrons. The van der Waals surface area contributed by atoms with Gasteiger partial charge in [-0.1, -0.05) is 12.1 Å². The summed E-state index contributed by atoms with van der Waals surface area (Å²) in [7, 11) is -3.61. The lowest BCUT2D eigenvalue weighted by Crippen LogP contribution is -2.36. The number of nitrogens with zero attached hydrogens (tertiary/aromatic N) is 5. The number of rotatable bonds is 6. The minimum atomic E-state index is -3.61. The molecule has 10 nitrogen and oxygen atoms in total. The van der Waals surface area contributed by atoms with Gasteiger partial charge in [-0.25, -0.2) is 28.4 Å². The van der Waals surface area contributed by atoms with Gasteiger partial charge in [0.25, 0.3) is 0 Å². The predicted octanol–water partition coefficient (Wildman–Crippen LogP) is 2.39.